The van der Waals surface area contributed by atoms with Crippen molar-refractivity contribution >= 4 is 0 Å². The number of rotatable bonds is 2. The molecule has 0 saturated carbocycles. The lowest BCUT2D eigenvalue weighted by Crippen LogP contribution is -2.04. The van der Waals surface area contributed by atoms with Gasteiger partial charge in [0.1, 0.15) is 5.75 Å². The summed E-state index contributed by atoms with van der Waals surface area (Å²) < 4.78 is 0. The summed E-state index contributed by atoms with van der Waals surface area (Å²) >= 11 is 0. The summed E-state index contributed by atoms with van der Waals surface area (Å²) in [6, 6.07) is 7.45. The second-order valence-corrected chi connectivity index (χ2v) is 3.53. The van der Waals surface area contributed by atoms with Crippen molar-refractivity contribution in [1.82, 2.24) is 0 Å². The van der Waals surface area contributed by atoms with Crippen LogP contribution in [0.25, 0.3) is 0 Å². The number of aromatic hydroxyl groups is 1. The number of phenols is 1. The molecule has 1 rings (SSSR count). The third-order valence-electron chi connectivity index (χ3n) is 2.55. The fourth-order valence-corrected chi connectivity index (χ4v) is 1.49. The second-order valence-electron chi connectivity index (χ2n) is 3.53. The molecule has 1 aromatic carbocycles. The first-order chi connectivity index (χ1) is 6.66. The van der Waals surface area contributed by atoms with Gasteiger partial charge in [-0.1, -0.05) is 38.0 Å². The molecule has 0 radical (unpaired) electrons. The Balaban J connectivity index is 2.92. The zero-order valence-electron chi connectivity index (χ0n) is 8.91. The Morgan fingerprint density at radius 1 is 1.21 bits per heavy atom. The van der Waals surface area contributed by atoms with Gasteiger partial charge in [-0.05, 0) is 24.5 Å². The van der Waals surface area contributed by atoms with Crippen molar-refractivity contribution in [2.45, 2.75) is 26.7 Å². The maximum absolute atomic E-state index is 9.65. The van der Waals surface area contributed by atoms with Gasteiger partial charge in [-0.25, -0.2) is 0 Å². The Morgan fingerprint density at radius 3 is 2.43 bits per heavy atom. The summed E-state index contributed by atoms with van der Waals surface area (Å²) in [6.45, 7) is 6.01. The zero-order valence-corrected chi connectivity index (χ0v) is 8.91. The summed E-state index contributed by atoms with van der Waals surface area (Å²) in [5, 5.41) is 9.65. The molecule has 0 spiro atoms. The number of para-hydroxylation sites is 1. The van der Waals surface area contributed by atoms with E-state index in [4.69, 9.17) is 0 Å². The molecule has 0 aliphatic rings. The first-order valence-corrected chi connectivity index (χ1v) is 4.87. The van der Waals surface area contributed by atoms with Crippen LogP contribution in [0.4, 0.5) is 0 Å². The smallest absolute Gasteiger partial charge is 0.119 e. The van der Waals surface area contributed by atoms with Gasteiger partial charge in [0.05, 0.1) is 0 Å². The summed E-state index contributed by atoms with van der Waals surface area (Å²) in [7, 11) is 0. The van der Waals surface area contributed by atoms with Crippen molar-refractivity contribution in [2.24, 2.45) is 5.92 Å². The second kappa shape index (κ2) is 4.72. The lowest BCUT2D eigenvalue weighted by atomic mass is 9.89. The van der Waals surface area contributed by atoms with Crippen LogP contribution in [0.15, 0.2) is 24.3 Å². The van der Waals surface area contributed by atoms with Crippen LogP contribution in [-0.2, 0) is 0 Å². The van der Waals surface area contributed by atoms with Crippen molar-refractivity contribution in [3.8, 4) is 17.6 Å². The van der Waals surface area contributed by atoms with E-state index in [2.05, 4.69) is 25.7 Å². The Bertz CT molecular complexity index is 357. The van der Waals surface area contributed by atoms with E-state index in [0.717, 1.165) is 5.56 Å². The van der Waals surface area contributed by atoms with Crippen molar-refractivity contribution in [3.63, 3.8) is 0 Å². The highest BCUT2D eigenvalue weighted by Gasteiger charge is 2.14. The summed E-state index contributed by atoms with van der Waals surface area (Å²) in [5.41, 5.74) is 0.975. The highest BCUT2D eigenvalue weighted by molar-refractivity contribution is 5.35. The minimum atomic E-state index is 0.267. The van der Waals surface area contributed by atoms with Crippen LogP contribution in [0.2, 0.25) is 0 Å². The molecule has 0 saturated heterocycles. The predicted molar refractivity (Wildman–Crippen MR) is 59.1 cm³/mol. The summed E-state index contributed by atoms with van der Waals surface area (Å²) in [6.07, 6.45) is 0. The maximum Gasteiger partial charge on any atom is 0.119 e. The maximum atomic E-state index is 9.65. The van der Waals surface area contributed by atoms with E-state index in [1.807, 2.05) is 25.1 Å². The summed E-state index contributed by atoms with van der Waals surface area (Å²) in [4.78, 5) is 0. The predicted octanol–water partition coefficient (Wildman–Crippen LogP) is 3.16. The molecule has 0 fully saturated rings. The fraction of sp³-hybridized carbons (Fsp3) is 0.385. The van der Waals surface area contributed by atoms with E-state index in [0.29, 0.717) is 5.75 Å². The van der Waals surface area contributed by atoms with Crippen molar-refractivity contribution in [1.29, 1.82) is 0 Å². The van der Waals surface area contributed by atoms with E-state index in [9.17, 15) is 5.11 Å². The van der Waals surface area contributed by atoms with E-state index in [-0.39, 0.29) is 11.8 Å². The molecule has 2 unspecified atom stereocenters. The molecular formula is C13H16O. The largest absolute Gasteiger partial charge is 0.508 e. The molecule has 14 heavy (non-hydrogen) atoms. The minimum absolute atomic E-state index is 0.267. The molecule has 0 aliphatic carbocycles. The van der Waals surface area contributed by atoms with Gasteiger partial charge in [-0.3, -0.25) is 0 Å². The topological polar surface area (TPSA) is 20.2 Å². The Kier molecular flexibility index (Phi) is 3.59. The van der Waals surface area contributed by atoms with E-state index in [1.165, 1.54) is 0 Å². The third-order valence-corrected chi connectivity index (χ3v) is 2.55. The van der Waals surface area contributed by atoms with Gasteiger partial charge in [0.25, 0.3) is 0 Å². The highest BCUT2D eigenvalue weighted by atomic mass is 16.3. The molecule has 1 N–H and O–H groups in total. The van der Waals surface area contributed by atoms with Crippen LogP contribution in [0, 0.1) is 17.8 Å². The van der Waals surface area contributed by atoms with Gasteiger partial charge >= 0.3 is 0 Å². The Hall–Kier alpha value is -1.42. The molecule has 2 atom stereocenters. The van der Waals surface area contributed by atoms with Crippen LogP contribution in [-0.4, -0.2) is 5.11 Å². The van der Waals surface area contributed by atoms with Crippen molar-refractivity contribution in [2.75, 3.05) is 0 Å². The highest BCUT2D eigenvalue weighted by Crippen LogP contribution is 2.30. The van der Waals surface area contributed by atoms with Gasteiger partial charge in [0.2, 0.25) is 0 Å². The zero-order chi connectivity index (χ0) is 10.6. The van der Waals surface area contributed by atoms with Gasteiger partial charge < -0.3 is 5.11 Å². The molecule has 1 aromatic rings. The van der Waals surface area contributed by atoms with Crippen molar-refractivity contribution < 1.29 is 5.11 Å². The van der Waals surface area contributed by atoms with Gasteiger partial charge in [0, 0.05) is 5.92 Å². The molecule has 1 nitrogen and oxygen atoms in total. The number of benzene rings is 1. The quantitative estimate of drug-likeness (QED) is 0.707. The lowest BCUT2D eigenvalue weighted by Gasteiger charge is -2.16. The lowest BCUT2D eigenvalue weighted by molar-refractivity contribution is 0.455. The van der Waals surface area contributed by atoms with Gasteiger partial charge in [0.15, 0.2) is 0 Å². The Labute approximate surface area is 85.8 Å². The van der Waals surface area contributed by atoms with Crippen LogP contribution in [0.5, 0.6) is 5.75 Å². The van der Waals surface area contributed by atoms with Crippen LogP contribution in [0.1, 0.15) is 32.3 Å². The first kappa shape index (κ1) is 10.7. The molecule has 0 aromatic heterocycles. The van der Waals surface area contributed by atoms with E-state index >= 15 is 0 Å². The van der Waals surface area contributed by atoms with Crippen molar-refractivity contribution in [3.05, 3.63) is 29.8 Å². The first-order valence-electron chi connectivity index (χ1n) is 4.87. The SMILES string of the molecule is CC#CC(C)C(C)c1ccccc1O. The molecule has 0 aliphatic heterocycles. The molecule has 1 heteroatoms. The van der Waals surface area contributed by atoms with Crippen LogP contribution < -0.4 is 0 Å². The third kappa shape index (κ3) is 2.29. The van der Waals surface area contributed by atoms with E-state index in [1.54, 1.807) is 6.07 Å². The number of hydrogen-bond acceptors (Lipinski definition) is 1. The normalized spacial score (nSPS) is 13.9. The van der Waals surface area contributed by atoms with Gasteiger partial charge in [-0.15, -0.1) is 5.92 Å². The average molecular weight is 188 g/mol. The number of phenolic OH excluding ortho intramolecular Hbond substituents is 1. The van der Waals surface area contributed by atoms with Crippen LogP contribution >= 0.6 is 0 Å². The average Bonchev–Trinajstić information content (AvgIpc) is 2.18. The minimum Gasteiger partial charge on any atom is -0.508 e. The summed E-state index contributed by atoms with van der Waals surface area (Å²) in [5.74, 6) is 6.92. The molecule has 0 amide bonds. The molecule has 74 valence electrons. The molecule has 0 heterocycles. The molecular weight excluding hydrogens is 172 g/mol. The monoisotopic (exact) mass is 188 g/mol. The fourth-order valence-electron chi connectivity index (χ4n) is 1.49. The van der Waals surface area contributed by atoms with Crippen LogP contribution in [0.3, 0.4) is 0 Å². The van der Waals surface area contributed by atoms with Gasteiger partial charge in [-0.2, -0.15) is 0 Å². The van der Waals surface area contributed by atoms with E-state index < -0.39 is 0 Å². The number of hydrogen-bond donors (Lipinski definition) is 1. The standard InChI is InChI=1S/C13H16O/c1-4-7-10(2)11(3)12-8-5-6-9-13(12)14/h5-6,8-11,14H,1-3H3. The molecule has 0 bridgehead atoms. The Morgan fingerprint density at radius 2 is 1.86 bits per heavy atom.